The second-order valence-corrected chi connectivity index (χ2v) is 5.85. The highest BCUT2D eigenvalue weighted by Gasteiger charge is 2.20. The highest BCUT2D eigenvalue weighted by molar-refractivity contribution is 9.10. The molecule has 0 fully saturated rings. The predicted octanol–water partition coefficient (Wildman–Crippen LogP) is 3.29. The van der Waals surface area contributed by atoms with Crippen molar-refractivity contribution in [3.8, 4) is 6.07 Å². The van der Waals surface area contributed by atoms with Gasteiger partial charge in [-0.2, -0.15) is 5.26 Å². The molecule has 19 heavy (non-hydrogen) atoms. The molecule has 0 bridgehead atoms. The Hall–Kier alpha value is -1.34. The lowest BCUT2D eigenvalue weighted by molar-refractivity contribution is -0.125. The van der Waals surface area contributed by atoms with Crippen LogP contribution in [0.5, 0.6) is 0 Å². The minimum atomic E-state index is -0.0907. The quantitative estimate of drug-likeness (QED) is 0.817. The van der Waals surface area contributed by atoms with Crippen LogP contribution in [0.3, 0.4) is 0 Å². The first-order valence-electron chi connectivity index (χ1n) is 6.42. The number of carbonyl (C=O) groups excluding carboxylic acids is 1. The van der Waals surface area contributed by atoms with Crippen molar-refractivity contribution < 1.29 is 4.79 Å². The van der Waals surface area contributed by atoms with Crippen LogP contribution in [0.1, 0.15) is 25.8 Å². The van der Waals surface area contributed by atoms with E-state index in [1.807, 2.05) is 30.3 Å². The van der Waals surface area contributed by atoms with Gasteiger partial charge in [-0.05, 0) is 30.4 Å². The van der Waals surface area contributed by atoms with Crippen LogP contribution in [0.4, 0.5) is 0 Å². The van der Waals surface area contributed by atoms with Gasteiger partial charge in [0.15, 0.2) is 0 Å². The number of nitriles is 1. The molecule has 102 valence electrons. The molecule has 3 nitrogen and oxygen atoms in total. The largest absolute Gasteiger partial charge is 0.343 e. The molecular formula is C15H19BrN2O. The van der Waals surface area contributed by atoms with E-state index in [0.717, 1.165) is 16.5 Å². The van der Waals surface area contributed by atoms with Crippen molar-refractivity contribution in [1.29, 1.82) is 5.26 Å². The van der Waals surface area contributed by atoms with Gasteiger partial charge in [-0.15, -0.1) is 0 Å². The molecule has 0 aromatic heterocycles. The Bertz CT molecular complexity index is 465. The van der Waals surface area contributed by atoms with Crippen LogP contribution in [0.25, 0.3) is 0 Å². The maximum Gasteiger partial charge on any atom is 0.224 e. The minimum absolute atomic E-state index is 0.0361. The third-order valence-corrected chi connectivity index (χ3v) is 3.67. The summed E-state index contributed by atoms with van der Waals surface area (Å²) in [7, 11) is 0. The molecule has 0 spiro atoms. The van der Waals surface area contributed by atoms with Gasteiger partial charge in [0.2, 0.25) is 5.91 Å². The van der Waals surface area contributed by atoms with E-state index in [1.54, 1.807) is 0 Å². The first-order valence-corrected chi connectivity index (χ1v) is 7.22. The third-order valence-electron chi connectivity index (χ3n) is 2.89. The SMILES string of the molecule is CC(C)CC(Cc1ccccc1Br)C(=O)NCC#N. The number of nitrogens with zero attached hydrogens (tertiary/aromatic N) is 1. The molecule has 0 aliphatic rings. The fourth-order valence-electron chi connectivity index (χ4n) is 2.05. The van der Waals surface area contributed by atoms with E-state index in [-0.39, 0.29) is 18.4 Å². The maximum atomic E-state index is 12.1. The minimum Gasteiger partial charge on any atom is -0.343 e. The fourth-order valence-corrected chi connectivity index (χ4v) is 2.50. The van der Waals surface area contributed by atoms with Crippen LogP contribution in [0.2, 0.25) is 0 Å². The van der Waals surface area contributed by atoms with Crippen molar-refractivity contribution >= 4 is 21.8 Å². The van der Waals surface area contributed by atoms with Crippen molar-refractivity contribution in [1.82, 2.24) is 5.32 Å². The summed E-state index contributed by atoms with van der Waals surface area (Å²) >= 11 is 3.51. The Morgan fingerprint density at radius 1 is 1.42 bits per heavy atom. The Morgan fingerprint density at radius 3 is 2.68 bits per heavy atom. The number of hydrogen-bond donors (Lipinski definition) is 1. The average Bonchev–Trinajstić information content (AvgIpc) is 2.37. The smallest absolute Gasteiger partial charge is 0.224 e. The highest BCUT2D eigenvalue weighted by Crippen LogP contribution is 2.23. The van der Waals surface area contributed by atoms with Crippen LogP contribution >= 0.6 is 15.9 Å². The lowest BCUT2D eigenvalue weighted by Gasteiger charge is -2.18. The molecule has 0 aliphatic heterocycles. The molecule has 1 N–H and O–H groups in total. The van der Waals surface area contributed by atoms with Gasteiger partial charge in [-0.3, -0.25) is 4.79 Å². The van der Waals surface area contributed by atoms with Crippen molar-refractivity contribution in [3.05, 3.63) is 34.3 Å². The summed E-state index contributed by atoms with van der Waals surface area (Å²) in [5, 5.41) is 11.2. The number of halogens is 1. The van der Waals surface area contributed by atoms with Crippen LogP contribution in [-0.2, 0) is 11.2 Å². The molecule has 1 amide bonds. The van der Waals surface area contributed by atoms with Gasteiger partial charge < -0.3 is 5.32 Å². The zero-order valence-electron chi connectivity index (χ0n) is 11.3. The first kappa shape index (κ1) is 15.7. The van der Waals surface area contributed by atoms with Gasteiger partial charge in [0.05, 0.1) is 6.07 Å². The number of benzene rings is 1. The van der Waals surface area contributed by atoms with E-state index in [4.69, 9.17) is 5.26 Å². The van der Waals surface area contributed by atoms with Crippen LogP contribution in [-0.4, -0.2) is 12.5 Å². The molecule has 0 aliphatic carbocycles. The molecule has 1 aromatic rings. The van der Waals surface area contributed by atoms with E-state index in [9.17, 15) is 4.79 Å². The second kappa shape index (κ2) is 7.96. The Morgan fingerprint density at radius 2 is 2.11 bits per heavy atom. The molecular weight excluding hydrogens is 304 g/mol. The molecule has 0 saturated heterocycles. The topological polar surface area (TPSA) is 52.9 Å². The van der Waals surface area contributed by atoms with E-state index in [2.05, 4.69) is 35.1 Å². The monoisotopic (exact) mass is 322 g/mol. The summed E-state index contributed by atoms with van der Waals surface area (Å²) in [5.41, 5.74) is 1.13. The molecule has 1 rings (SSSR count). The summed E-state index contributed by atoms with van der Waals surface area (Å²) < 4.78 is 1.02. The molecule has 1 unspecified atom stereocenters. The van der Waals surface area contributed by atoms with Gasteiger partial charge >= 0.3 is 0 Å². The lowest BCUT2D eigenvalue weighted by atomic mass is 9.90. The van der Waals surface area contributed by atoms with E-state index >= 15 is 0 Å². The lowest BCUT2D eigenvalue weighted by Crippen LogP contribution is -2.33. The number of amides is 1. The van der Waals surface area contributed by atoms with Crippen LogP contribution < -0.4 is 5.32 Å². The number of hydrogen-bond acceptors (Lipinski definition) is 2. The Balaban J connectivity index is 2.77. The zero-order chi connectivity index (χ0) is 14.3. The summed E-state index contributed by atoms with van der Waals surface area (Å²) in [5.74, 6) is 0.318. The summed E-state index contributed by atoms with van der Waals surface area (Å²) in [6.07, 6.45) is 1.51. The standard InChI is InChI=1S/C15H19BrN2O/c1-11(2)9-13(15(19)18-8-7-17)10-12-5-3-4-6-14(12)16/h3-6,11,13H,8-10H2,1-2H3,(H,18,19). The first-order chi connectivity index (χ1) is 9.04. The molecule has 0 saturated carbocycles. The third kappa shape index (κ3) is 5.44. The van der Waals surface area contributed by atoms with E-state index in [0.29, 0.717) is 12.3 Å². The van der Waals surface area contributed by atoms with E-state index in [1.165, 1.54) is 0 Å². The summed E-state index contributed by atoms with van der Waals surface area (Å²) in [6.45, 7) is 4.28. The van der Waals surface area contributed by atoms with Gasteiger partial charge in [-0.25, -0.2) is 0 Å². The van der Waals surface area contributed by atoms with Crippen molar-refractivity contribution in [2.45, 2.75) is 26.7 Å². The Labute approximate surface area is 123 Å². The predicted molar refractivity (Wildman–Crippen MR) is 79.4 cm³/mol. The molecule has 0 heterocycles. The normalized spacial score (nSPS) is 11.9. The molecule has 0 radical (unpaired) electrons. The van der Waals surface area contributed by atoms with Crippen molar-refractivity contribution in [2.24, 2.45) is 11.8 Å². The highest BCUT2D eigenvalue weighted by atomic mass is 79.9. The van der Waals surface area contributed by atoms with Crippen molar-refractivity contribution in [3.63, 3.8) is 0 Å². The van der Waals surface area contributed by atoms with Crippen LogP contribution in [0, 0.1) is 23.2 Å². The number of carbonyl (C=O) groups is 1. The fraction of sp³-hybridized carbons (Fsp3) is 0.467. The van der Waals surface area contributed by atoms with Gasteiger partial charge in [0.1, 0.15) is 6.54 Å². The summed E-state index contributed by atoms with van der Waals surface area (Å²) in [4.78, 5) is 12.1. The van der Waals surface area contributed by atoms with Crippen molar-refractivity contribution in [2.75, 3.05) is 6.54 Å². The van der Waals surface area contributed by atoms with E-state index < -0.39 is 0 Å². The van der Waals surface area contributed by atoms with Gasteiger partial charge in [-0.1, -0.05) is 48.0 Å². The molecule has 1 atom stereocenters. The second-order valence-electron chi connectivity index (χ2n) is 5.00. The number of nitrogens with one attached hydrogen (secondary N) is 1. The maximum absolute atomic E-state index is 12.1. The molecule has 4 heteroatoms. The average molecular weight is 323 g/mol. The Kier molecular flexibility index (Phi) is 6.58. The summed E-state index contributed by atoms with van der Waals surface area (Å²) in [6, 6.07) is 9.88. The number of rotatable bonds is 6. The zero-order valence-corrected chi connectivity index (χ0v) is 12.9. The van der Waals surface area contributed by atoms with Gasteiger partial charge in [0.25, 0.3) is 0 Å². The van der Waals surface area contributed by atoms with Crippen LogP contribution in [0.15, 0.2) is 28.7 Å². The molecule has 1 aromatic carbocycles. The van der Waals surface area contributed by atoms with Gasteiger partial charge in [0, 0.05) is 10.4 Å².